The average molecular weight is 386 g/mol. The topological polar surface area (TPSA) is 18.5 Å². The molecule has 8 heteroatoms. The first-order chi connectivity index (χ1) is 12.7. The molecule has 0 unspecified atom stereocenters. The van der Waals surface area contributed by atoms with Crippen LogP contribution in [0.2, 0.25) is 0 Å². The Labute approximate surface area is 149 Å². The Hall–Kier alpha value is -2.90. The highest BCUT2D eigenvalue weighted by atomic mass is 19.4. The fourth-order valence-corrected chi connectivity index (χ4v) is 2.62. The maximum absolute atomic E-state index is 14.4. The van der Waals surface area contributed by atoms with Crippen LogP contribution in [0.3, 0.4) is 0 Å². The quantitative estimate of drug-likeness (QED) is 0.522. The van der Waals surface area contributed by atoms with Crippen molar-refractivity contribution in [1.82, 2.24) is 0 Å². The monoisotopic (exact) mass is 386 g/mol. The lowest BCUT2D eigenvalue weighted by atomic mass is 10.00. The van der Waals surface area contributed by atoms with Gasteiger partial charge >= 0.3 is 6.18 Å². The summed E-state index contributed by atoms with van der Waals surface area (Å²) in [6.07, 6.45) is -4.73. The summed E-state index contributed by atoms with van der Waals surface area (Å²) in [5, 5.41) is -0.0941. The predicted octanol–water partition coefficient (Wildman–Crippen LogP) is 5.87. The molecular formula is C19H12F6O2. The molecule has 3 aromatic carbocycles. The molecule has 0 amide bonds. The van der Waals surface area contributed by atoms with Gasteiger partial charge in [0.25, 0.3) is 0 Å². The Balaban J connectivity index is 2.04. The molecule has 0 saturated carbocycles. The van der Waals surface area contributed by atoms with E-state index in [2.05, 4.69) is 4.74 Å². The van der Waals surface area contributed by atoms with Crippen molar-refractivity contribution in [3.63, 3.8) is 0 Å². The van der Waals surface area contributed by atoms with Gasteiger partial charge in [-0.2, -0.15) is 13.2 Å². The molecule has 0 bridgehead atoms. The second-order valence-electron chi connectivity index (χ2n) is 5.69. The number of benzene rings is 3. The minimum atomic E-state index is -4.73. The van der Waals surface area contributed by atoms with E-state index >= 15 is 0 Å². The first kappa shape index (κ1) is 18.9. The number of rotatable bonds is 4. The molecule has 0 radical (unpaired) electrons. The molecule has 2 nitrogen and oxygen atoms in total. The van der Waals surface area contributed by atoms with Crippen molar-refractivity contribution in [2.45, 2.75) is 6.18 Å². The van der Waals surface area contributed by atoms with E-state index in [1.54, 1.807) is 0 Å². The molecule has 0 aliphatic rings. The van der Waals surface area contributed by atoms with Gasteiger partial charge in [-0.15, -0.1) is 0 Å². The van der Waals surface area contributed by atoms with Crippen molar-refractivity contribution >= 4 is 10.8 Å². The maximum atomic E-state index is 14.4. The van der Waals surface area contributed by atoms with Crippen molar-refractivity contribution in [3.8, 4) is 22.6 Å². The zero-order valence-electron chi connectivity index (χ0n) is 13.8. The van der Waals surface area contributed by atoms with Gasteiger partial charge in [0.15, 0.2) is 24.0 Å². The van der Waals surface area contributed by atoms with Crippen LogP contribution in [-0.4, -0.2) is 19.9 Å². The minimum absolute atomic E-state index is 0.0528. The summed E-state index contributed by atoms with van der Waals surface area (Å²) in [7, 11) is 1.38. The average Bonchev–Trinajstić information content (AvgIpc) is 2.60. The van der Waals surface area contributed by atoms with Gasteiger partial charge in [-0.1, -0.05) is 12.1 Å². The zero-order valence-corrected chi connectivity index (χ0v) is 13.8. The summed E-state index contributed by atoms with van der Waals surface area (Å²) in [6, 6.07) is 8.91. The number of halogens is 6. The molecule has 27 heavy (non-hydrogen) atoms. The Morgan fingerprint density at radius 2 is 1.63 bits per heavy atom. The molecule has 0 fully saturated rings. The van der Waals surface area contributed by atoms with E-state index in [-0.39, 0.29) is 16.3 Å². The largest absolute Gasteiger partial charge is 0.497 e. The number of alkyl halides is 3. The molecule has 0 aliphatic carbocycles. The van der Waals surface area contributed by atoms with Crippen LogP contribution in [0, 0.1) is 17.5 Å². The zero-order chi connectivity index (χ0) is 19.8. The lowest BCUT2D eigenvalue weighted by molar-refractivity contribution is -0.154. The Morgan fingerprint density at radius 1 is 0.889 bits per heavy atom. The second kappa shape index (κ2) is 7.02. The van der Waals surface area contributed by atoms with E-state index in [1.165, 1.54) is 37.4 Å². The molecule has 3 aromatic rings. The van der Waals surface area contributed by atoms with Gasteiger partial charge in [-0.3, -0.25) is 0 Å². The van der Waals surface area contributed by atoms with Crippen molar-refractivity contribution in [2.24, 2.45) is 0 Å². The van der Waals surface area contributed by atoms with E-state index in [0.717, 1.165) is 12.1 Å². The summed E-state index contributed by atoms with van der Waals surface area (Å²) < 4.78 is 88.5. The number of ether oxygens (including phenoxy) is 2. The maximum Gasteiger partial charge on any atom is 0.422 e. The molecule has 0 aromatic heterocycles. The summed E-state index contributed by atoms with van der Waals surface area (Å²) >= 11 is 0. The molecule has 0 heterocycles. The van der Waals surface area contributed by atoms with Crippen LogP contribution in [0.15, 0.2) is 42.5 Å². The van der Waals surface area contributed by atoms with Crippen LogP contribution in [0.1, 0.15) is 0 Å². The third-order valence-corrected chi connectivity index (χ3v) is 3.85. The summed E-state index contributed by atoms with van der Waals surface area (Å²) in [5.41, 5.74) is 0.515. The SMILES string of the molecule is COc1ccc(-c2ccc3c(F)c(OCC(F)(F)F)c(F)cc3c2)c(F)c1. The summed E-state index contributed by atoms with van der Waals surface area (Å²) in [5.74, 6) is -3.93. The lowest BCUT2D eigenvalue weighted by Crippen LogP contribution is -2.20. The molecule has 0 N–H and O–H groups in total. The number of fused-ring (bicyclic) bond motifs is 1. The summed E-state index contributed by atoms with van der Waals surface area (Å²) in [4.78, 5) is 0. The highest BCUT2D eigenvalue weighted by Gasteiger charge is 2.30. The van der Waals surface area contributed by atoms with E-state index < -0.39 is 36.0 Å². The van der Waals surface area contributed by atoms with Crippen LogP contribution >= 0.6 is 0 Å². The standard InChI is InChI=1S/C19H12F6O2/c1-26-12-3-5-13(15(20)8-12)10-2-4-14-11(6-10)7-16(21)18(17(14)22)27-9-19(23,24)25/h2-8H,9H2,1H3. The van der Waals surface area contributed by atoms with Crippen molar-refractivity contribution in [1.29, 1.82) is 0 Å². The number of hydrogen-bond donors (Lipinski definition) is 0. The molecule has 3 rings (SSSR count). The molecule has 142 valence electrons. The van der Waals surface area contributed by atoms with Gasteiger partial charge in [0.2, 0.25) is 0 Å². The molecule has 0 aliphatic heterocycles. The lowest BCUT2D eigenvalue weighted by Gasteiger charge is -2.13. The van der Waals surface area contributed by atoms with Crippen LogP contribution < -0.4 is 9.47 Å². The van der Waals surface area contributed by atoms with Crippen molar-refractivity contribution < 1.29 is 35.8 Å². The number of methoxy groups -OCH3 is 1. The van der Waals surface area contributed by atoms with E-state index in [4.69, 9.17) is 4.74 Å². The Kier molecular flexibility index (Phi) is 4.91. The van der Waals surface area contributed by atoms with Crippen LogP contribution in [0.25, 0.3) is 21.9 Å². The van der Waals surface area contributed by atoms with Gasteiger partial charge in [-0.05, 0) is 35.2 Å². The van der Waals surface area contributed by atoms with Gasteiger partial charge in [0.1, 0.15) is 11.6 Å². The van der Waals surface area contributed by atoms with Crippen LogP contribution in [-0.2, 0) is 0 Å². The van der Waals surface area contributed by atoms with E-state index in [1.807, 2.05) is 0 Å². The highest BCUT2D eigenvalue weighted by Crippen LogP contribution is 2.34. The summed E-state index contributed by atoms with van der Waals surface area (Å²) in [6.45, 7) is -1.82. The predicted molar refractivity (Wildman–Crippen MR) is 87.4 cm³/mol. The van der Waals surface area contributed by atoms with E-state index in [9.17, 15) is 26.3 Å². The fraction of sp³-hybridized carbons (Fsp3) is 0.158. The first-order valence-corrected chi connectivity index (χ1v) is 7.65. The smallest absolute Gasteiger partial charge is 0.422 e. The van der Waals surface area contributed by atoms with Gasteiger partial charge in [0, 0.05) is 17.0 Å². The second-order valence-corrected chi connectivity index (χ2v) is 5.69. The van der Waals surface area contributed by atoms with Crippen LogP contribution in [0.5, 0.6) is 11.5 Å². The van der Waals surface area contributed by atoms with Crippen LogP contribution in [0.4, 0.5) is 26.3 Å². The molecule has 0 atom stereocenters. The first-order valence-electron chi connectivity index (χ1n) is 7.65. The third-order valence-electron chi connectivity index (χ3n) is 3.85. The molecule has 0 saturated heterocycles. The third kappa shape index (κ3) is 3.94. The van der Waals surface area contributed by atoms with Crippen molar-refractivity contribution in [2.75, 3.05) is 13.7 Å². The molecular weight excluding hydrogens is 374 g/mol. The fourth-order valence-electron chi connectivity index (χ4n) is 2.62. The highest BCUT2D eigenvalue weighted by molar-refractivity contribution is 5.89. The molecule has 0 spiro atoms. The van der Waals surface area contributed by atoms with Gasteiger partial charge in [-0.25, -0.2) is 13.2 Å². The van der Waals surface area contributed by atoms with Gasteiger partial charge < -0.3 is 9.47 Å². The Morgan fingerprint density at radius 3 is 2.26 bits per heavy atom. The Bertz CT molecular complexity index is 998. The van der Waals surface area contributed by atoms with Crippen molar-refractivity contribution in [3.05, 3.63) is 59.9 Å². The number of hydrogen-bond acceptors (Lipinski definition) is 2. The minimum Gasteiger partial charge on any atom is -0.497 e. The van der Waals surface area contributed by atoms with Gasteiger partial charge in [0.05, 0.1) is 7.11 Å². The van der Waals surface area contributed by atoms with E-state index in [0.29, 0.717) is 11.3 Å². The normalized spacial score (nSPS) is 11.7.